The van der Waals surface area contributed by atoms with E-state index in [-0.39, 0.29) is 30.4 Å². The van der Waals surface area contributed by atoms with Crippen LogP contribution in [0.3, 0.4) is 0 Å². The number of rotatable bonds is 7. The molecule has 1 heterocycles. The average molecular weight is 427 g/mol. The van der Waals surface area contributed by atoms with Crippen molar-refractivity contribution in [3.63, 3.8) is 0 Å². The SMILES string of the molecule is COc1ccc(CC(=O)NCc2ccc(C(=O)N3CC(C)OC(C)C3)cc2)c(OC)c1. The van der Waals surface area contributed by atoms with Crippen molar-refractivity contribution in [3.8, 4) is 11.5 Å². The lowest BCUT2D eigenvalue weighted by Crippen LogP contribution is -2.48. The molecule has 2 unspecified atom stereocenters. The minimum absolute atomic E-state index is 0.00388. The second kappa shape index (κ2) is 10.3. The van der Waals surface area contributed by atoms with Gasteiger partial charge in [0, 0.05) is 36.8 Å². The van der Waals surface area contributed by atoms with Crippen molar-refractivity contribution < 1.29 is 23.8 Å². The van der Waals surface area contributed by atoms with E-state index in [0.29, 0.717) is 36.7 Å². The quantitative estimate of drug-likeness (QED) is 0.737. The number of methoxy groups -OCH3 is 2. The number of nitrogens with zero attached hydrogens (tertiary/aromatic N) is 1. The Balaban J connectivity index is 1.54. The summed E-state index contributed by atoms with van der Waals surface area (Å²) < 4.78 is 16.2. The lowest BCUT2D eigenvalue weighted by atomic mass is 10.1. The number of morpholine rings is 1. The van der Waals surface area contributed by atoms with E-state index in [1.807, 2.05) is 36.9 Å². The van der Waals surface area contributed by atoms with Crippen molar-refractivity contribution >= 4 is 11.8 Å². The van der Waals surface area contributed by atoms with Crippen LogP contribution in [0.1, 0.15) is 35.3 Å². The fourth-order valence-corrected chi connectivity index (χ4v) is 3.73. The summed E-state index contributed by atoms with van der Waals surface area (Å²) in [6.07, 6.45) is 0.273. The summed E-state index contributed by atoms with van der Waals surface area (Å²) >= 11 is 0. The highest BCUT2D eigenvalue weighted by molar-refractivity contribution is 5.94. The molecule has 1 N–H and O–H groups in total. The van der Waals surface area contributed by atoms with Crippen molar-refractivity contribution in [1.82, 2.24) is 10.2 Å². The molecule has 2 atom stereocenters. The molecule has 1 fully saturated rings. The standard InChI is InChI=1S/C24H30N2O5/c1-16-14-26(15-17(2)31-16)24(28)19-7-5-18(6-8-19)13-25-23(27)11-20-9-10-21(29-3)12-22(20)30-4/h5-10,12,16-17H,11,13-15H2,1-4H3,(H,25,27). The van der Waals surface area contributed by atoms with E-state index in [1.165, 1.54) is 0 Å². The van der Waals surface area contributed by atoms with Gasteiger partial charge in [-0.2, -0.15) is 0 Å². The molecule has 7 heteroatoms. The molecule has 2 aromatic carbocycles. The minimum atomic E-state index is -0.111. The van der Waals surface area contributed by atoms with Gasteiger partial charge in [-0.25, -0.2) is 0 Å². The van der Waals surface area contributed by atoms with Crippen LogP contribution in [-0.4, -0.2) is 56.2 Å². The monoisotopic (exact) mass is 426 g/mol. The van der Waals surface area contributed by atoms with E-state index in [2.05, 4.69) is 5.32 Å². The second-order valence-corrected chi connectivity index (χ2v) is 7.80. The Morgan fingerprint density at radius 3 is 2.32 bits per heavy atom. The van der Waals surface area contributed by atoms with Gasteiger partial charge in [0.15, 0.2) is 0 Å². The third-order valence-electron chi connectivity index (χ3n) is 5.24. The van der Waals surface area contributed by atoms with Crippen molar-refractivity contribution in [2.75, 3.05) is 27.3 Å². The Kier molecular flexibility index (Phi) is 7.52. The molecule has 3 rings (SSSR count). The van der Waals surface area contributed by atoms with Crippen LogP contribution in [-0.2, 0) is 22.5 Å². The predicted octanol–water partition coefficient (Wildman–Crippen LogP) is 2.81. The zero-order valence-electron chi connectivity index (χ0n) is 18.5. The molecule has 0 aliphatic carbocycles. The molecular formula is C24H30N2O5. The summed E-state index contributed by atoms with van der Waals surface area (Å²) in [5.74, 6) is 1.19. The van der Waals surface area contributed by atoms with Crippen LogP contribution in [0.2, 0.25) is 0 Å². The predicted molar refractivity (Wildman–Crippen MR) is 117 cm³/mol. The summed E-state index contributed by atoms with van der Waals surface area (Å²) in [5, 5.41) is 2.91. The van der Waals surface area contributed by atoms with Gasteiger partial charge in [0.2, 0.25) is 5.91 Å². The third kappa shape index (κ3) is 5.98. The van der Waals surface area contributed by atoms with E-state index in [0.717, 1.165) is 11.1 Å². The fourth-order valence-electron chi connectivity index (χ4n) is 3.73. The summed E-state index contributed by atoms with van der Waals surface area (Å²) in [6.45, 7) is 5.52. The molecule has 2 aromatic rings. The molecule has 2 amide bonds. The van der Waals surface area contributed by atoms with Gasteiger partial charge in [-0.3, -0.25) is 9.59 Å². The normalized spacial score (nSPS) is 18.4. The second-order valence-electron chi connectivity index (χ2n) is 7.80. The molecule has 0 saturated carbocycles. The van der Waals surface area contributed by atoms with Gasteiger partial charge >= 0.3 is 0 Å². The smallest absolute Gasteiger partial charge is 0.254 e. The Bertz CT molecular complexity index is 903. The van der Waals surface area contributed by atoms with E-state index in [1.54, 1.807) is 38.5 Å². The Morgan fingerprint density at radius 2 is 1.71 bits per heavy atom. The average Bonchev–Trinajstić information content (AvgIpc) is 2.77. The minimum Gasteiger partial charge on any atom is -0.497 e. The molecule has 1 saturated heterocycles. The molecule has 1 aliphatic heterocycles. The molecule has 31 heavy (non-hydrogen) atoms. The number of ether oxygens (including phenoxy) is 3. The van der Waals surface area contributed by atoms with E-state index in [9.17, 15) is 9.59 Å². The van der Waals surface area contributed by atoms with E-state index < -0.39 is 0 Å². The van der Waals surface area contributed by atoms with Crippen molar-refractivity contribution in [2.45, 2.75) is 39.0 Å². The van der Waals surface area contributed by atoms with Crippen molar-refractivity contribution in [3.05, 3.63) is 59.2 Å². The lowest BCUT2D eigenvalue weighted by molar-refractivity contribution is -0.120. The van der Waals surface area contributed by atoms with Gasteiger partial charge in [0.1, 0.15) is 11.5 Å². The maximum atomic E-state index is 12.8. The number of hydrogen-bond acceptors (Lipinski definition) is 5. The Morgan fingerprint density at radius 1 is 1.03 bits per heavy atom. The highest BCUT2D eigenvalue weighted by Gasteiger charge is 2.26. The first-order valence-electron chi connectivity index (χ1n) is 10.4. The first kappa shape index (κ1) is 22.6. The molecule has 166 valence electrons. The Labute approximate surface area is 183 Å². The zero-order valence-corrected chi connectivity index (χ0v) is 18.5. The number of benzene rings is 2. The van der Waals surface area contributed by atoms with Crippen molar-refractivity contribution in [1.29, 1.82) is 0 Å². The highest BCUT2D eigenvalue weighted by atomic mass is 16.5. The molecule has 0 radical (unpaired) electrons. The van der Waals surface area contributed by atoms with E-state index in [4.69, 9.17) is 14.2 Å². The van der Waals surface area contributed by atoms with Gasteiger partial charge in [-0.15, -0.1) is 0 Å². The molecular weight excluding hydrogens is 396 g/mol. The summed E-state index contributed by atoms with van der Waals surface area (Å²) in [5.41, 5.74) is 2.35. The highest BCUT2D eigenvalue weighted by Crippen LogP contribution is 2.25. The number of amides is 2. The maximum Gasteiger partial charge on any atom is 0.254 e. The number of carbonyl (C=O) groups is 2. The number of nitrogens with one attached hydrogen (secondary N) is 1. The molecule has 1 aliphatic rings. The number of carbonyl (C=O) groups excluding carboxylic acids is 2. The zero-order chi connectivity index (χ0) is 22.4. The summed E-state index contributed by atoms with van der Waals surface area (Å²) in [4.78, 5) is 27.0. The molecule has 0 aromatic heterocycles. The molecule has 0 spiro atoms. The summed E-state index contributed by atoms with van der Waals surface area (Å²) in [7, 11) is 3.15. The van der Waals surface area contributed by atoms with Crippen LogP contribution in [0.5, 0.6) is 11.5 Å². The van der Waals surface area contributed by atoms with Gasteiger partial charge in [0.25, 0.3) is 5.91 Å². The van der Waals surface area contributed by atoms with Gasteiger partial charge in [0.05, 0.1) is 32.8 Å². The van der Waals surface area contributed by atoms with Crippen LogP contribution >= 0.6 is 0 Å². The molecule has 0 bridgehead atoms. The van der Waals surface area contributed by atoms with Crippen LogP contribution in [0.4, 0.5) is 0 Å². The summed E-state index contributed by atoms with van der Waals surface area (Å²) in [6, 6.07) is 12.7. The van der Waals surface area contributed by atoms with Crippen LogP contribution in [0.15, 0.2) is 42.5 Å². The van der Waals surface area contributed by atoms with Crippen molar-refractivity contribution in [2.24, 2.45) is 0 Å². The van der Waals surface area contributed by atoms with Crippen LogP contribution in [0, 0.1) is 0 Å². The maximum absolute atomic E-state index is 12.8. The largest absolute Gasteiger partial charge is 0.497 e. The van der Waals surface area contributed by atoms with E-state index >= 15 is 0 Å². The van der Waals surface area contributed by atoms with Gasteiger partial charge in [-0.05, 0) is 37.6 Å². The van der Waals surface area contributed by atoms with Gasteiger partial charge in [-0.1, -0.05) is 18.2 Å². The lowest BCUT2D eigenvalue weighted by Gasteiger charge is -2.35. The van der Waals surface area contributed by atoms with Crippen LogP contribution in [0.25, 0.3) is 0 Å². The Hall–Kier alpha value is -3.06. The first-order chi connectivity index (χ1) is 14.9. The number of hydrogen-bond donors (Lipinski definition) is 1. The first-order valence-corrected chi connectivity index (χ1v) is 10.4. The third-order valence-corrected chi connectivity index (χ3v) is 5.24. The van der Waals surface area contributed by atoms with Gasteiger partial charge < -0.3 is 24.4 Å². The fraction of sp³-hybridized carbons (Fsp3) is 0.417. The molecule has 7 nitrogen and oxygen atoms in total. The topological polar surface area (TPSA) is 77.1 Å². The van der Waals surface area contributed by atoms with Crippen LogP contribution < -0.4 is 14.8 Å².